The highest BCUT2D eigenvalue weighted by atomic mass is 32.2. The van der Waals surface area contributed by atoms with Crippen molar-refractivity contribution in [2.45, 2.75) is 24.3 Å². The molecule has 7 heteroatoms. The van der Waals surface area contributed by atoms with E-state index in [1.165, 1.54) is 9.87 Å². The third-order valence-electron chi connectivity index (χ3n) is 4.42. The standard InChI is InChI=1S/C15H22N4O2S/c1-11-3-5-12(6-4-11)13-7-19(8-14(13)16)22(20,21)15-9-18(2)10-17-15/h3-6,10,13-15H,7-9,16H2,1-2H3/t13-,14+,15?/m1/s1. The second kappa shape index (κ2) is 5.64. The molecule has 22 heavy (non-hydrogen) atoms. The molecule has 2 aliphatic heterocycles. The molecule has 6 nitrogen and oxygen atoms in total. The number of sulfonamides is 1. The first kappa shape index (κ1) is 15.5. The smallest absolute Gasteiger partial charge is 0.239 e. The average molecular weight is 322 g/mol. The molecular formula is C15H22N4O2S. The molecule has 1 aromatic rings. The van der Waals surface area contributed by atoms with Gasteiger partial charge in [-0.3, -0.25) is 4.99 Å². The van der Waals surface area contributed by atoms with Crippen LogP contribution in [-0.2, 0) is 10.0 Å². The minimum absolute atomic E-state index is 0.0403. The SMILES string of the molecule is Cc1ccc([C@H]2CN(S(=O)(=O)C3CN(C)C=N3)C[C@@H]2N)cc1. The summed E-state index contributed by atoms with van der Waals surface area (Å²) in [5, 5.41) is -0.707. The van der Waals surface area contributed by atoms with Crippen LogP contribution >= 0.6 is 0 Å². The first-order valence-corrected chi connectivity index (χ1v) is 8.93. The lowest BCUT2D eigenvalue weighted by atomic mass is 9.94. The molecule has 0 aliphatic carbocycles. The van der Waals surface area contributed by atoms with Gasteiger partial charge in [0.1, 0.15) is 0 Å². The lowest BCUT2D eigenvalue weighted by molar-refractivity contribution is 0.448. The second-order valence-corrected chi connectivity index (χ2v) is 8.29. The predicted molar refractivity (Wildman–Crippen MR) is 87.3 cm³/mol. The molecule has 0 amide bonds. The molecule has 2 heterocycles. The molecule has 1 fully saturated rings. The van der Waals surface area contributed by atoms with E-state index < -0.39 is 15.4 Å². The summed E-state index contributed by atoms with van der Waals surface area (Å²) in [5.74, 6) is 0.0403. The van der Waals surface area contributed by atoms with Crippen molar-refractivity contribution in [2.75, 3.05) is 26.7 Å². The van der Waals surface area contributed by atoms with Crippen molar-refractivity contribution in [3.63, 3.8) is 0 Å². The quantitative estimate of drug-likeness (QED) is 0.871. The summed E-state index contributed by atoms with van der Waals surface area (Å²) < 4.78 is 26.9. The Morgan fingerprint density at radius 2 is 1.86 bits per heavy atom. The normalized spacial score (nSPS) is 29.4. The van der Waals surface area contributed by atoms with E-state index >= 15 is 0 Å². The van der Waals surface area contributed by atoms with Crippen LogP contribution in [0.1, 0.15) is 17.0 Å². The highest BCUT2D eigenvalue weighted by Gasteiger charge is 2.42. The number of aryl methyl sites for hydroxylation is 1. The van der Waals surface area contributed by atoms with Gasteiger partial charge in [-0.1, -0.05) is 29.8 Å². The first-order valence-electron chi connectivity index (χ1n) is 7.42. The lowest BCUT2D eigenvalue weighted by Gasteiger charge is -2.20. The predicted octanol–water partition coefficient (Wildman–Crippen LogP) is 0.351. The van der Waals surface area contributed by atoms with Gasteiger partial charge in [-0.05, 0) is 12.5 Å². The van der Waals surface area contributed by atoms with E-state index in [1.54, 1.807) is 11.2 Å². The molecule has 0 spiro atoms. The summed E-state index contributed by atoms with van der Waals surface area (Å²) in [6.07, 6.45) is 1.58. The van der Waals surface area contributed by atoms with Gasteiger partial charge in [0.15, 0.2) is 5.37 Å². The number of nitrogens with two attached hydrogens (primary N) is 1. The number of hydrogen-bond donors (Lipinski definition) is 1. The largest absolute Gasteiger partial charge is 0.363 e. The Morgan fingerprint density at radius 3 is 2.45 bits per heavy atom. The number of nitrogens with zero attached hydrogens (tertiary/aromatic N) is 3. The van der Waals surface area contributed by atoms with Gasteiger partial charge in [0.25, 0.3) is 0 Å². The van der Waals surface area contributed by atoms with Crippen LogP contribution in [0, 0.1) is 6.92 Å². The number of hydrogen-bond acceptors (Lipinski definition) is 5. The minimum Gasteiger partial charge on any atom is -0.363 e. The summed E-state index contributed by atoms with van der Waals surface area (Å²) in [7, 11) is -1.62. The van der Waals surface area contributed by atoms with Gasteiger partial charge in [0.2, 0.25) is 10.0 Å². The summed E-state index contributed by atoms with van der Waals surface area (Å²) >= 11 is 0. The van der Waals surface area contributed by atoms with Gasteiger partial charge in [0.05, 0.1) is 12.9 Å². The van der Waals surface area contributed by atoms with E-state index in [4.69, 9.17) is 5.73 Å². The fourth-order valence-electron chi connectivity index (χ4n) is 3.04. The van der Waals surface area contributed by atoms with Crippen molar-refractivity contribution >= 4 is 16.4 Å². The lowest BCUT2D eigenvalue weighted by Crippen LogP contribution is -2.39. The molecule has 1 aromatic carbocycles. The zero-order chi connectivity index (χ0) is 15.9. The molecule has 2 aliphatic rings. The zero-order valence-corrected chi connectivity index (χ0v) is 13.7. The third kappa shape index (κ3) is 2.76. The fraction of sp³-hybridized carbons (Fsp3) is 0.533. The molecule has 3 rings (SSSR count). The number of benzene rings is 1. The molecule has 3 atom stereocenters. The van der Waals surface area contributed by atoms with E-state index in [-0.39, 0.29) is 12.0 Å². The Bertz CT molecular complexity index is 671. The van der Waals surface area contributed by atoms with E-state index in [0.717, 1.165) is 5.56 Å². The summed E-state index contributed by atoms with van der Waals surface area (Å²) in [6, 6.07) is 7.97. The molecular weight excluding hydrogens is 300 g/mol. The van der Waals surface area contributed by atoms with Crippen LogP contribution in [0.2, 0.25) is 0 Å². The van der Waals surface area contributed by atoms with Crippen LogP contribution < -0.4 is 5.73 Å². The van der Waals surface area contributed by atoms with E-state index in [0.29, 0.717) is 19.6 Å². The van der Waals surface area contributed by atoms with Crippen molar-refractivity contribution in [3.8, 4) is 0 Å². The van der Waals surface area contributed by atoms with Gasteiger partial charge in [-0.25, -0.2) is 8.42 Å². The van der Waals surface area contributed by atoms with Crippen LogP contribution in [0.25, 0.3) is 0 Å². The van der Waals surface area contributed by atoms with Crippen molar-refractivity contribution in [3.05, 3.63) is 35.4 Å². The molecule has 0 aromatic heterocycles. The van der Waals surface area contributed by atoms with Gasteiger partial charge >= 0.3 is 0 Å². The third-order valence-corrected chi connectivity index (χ3v) is 6.39. The zero-order valence-electron chi connectivity index (χ0n) is 12.9. The Kier molecular flexibility index (Phi) is 3.96. The molecule has 1 unspecified atom stereocenters. The molecule has 120 valence electrons. The minimum atomic E-state index is -3.44. The van der Waals surface area contributed by atoms with E-state index in [2.05, 4.69) is 4.99 Å². The van der Waals surface area contributed by atoms with Gasteiger partial charge < -0.3 is 10.6 Å². The highest BCUT2D eigenvalue weighted by Crippen LogP contribution is 2.30. The molecule has 1 saturated heterocycles. The van der Waals surface area contributed by atoms with Crippen molar-refractivity contribution in [1.29, 1.82) is 0 Å². The van der Waals surface area contributed by atoms with Gasteiger partial charge in [0, 0.05) is 32.1 Å². The molecule has 0 bridgehead atoms. The van der Waals surface area contributed by atoms with Crippen LogP contribution in [0.4, 0.5) is 0 Å². The molecule has 0 saturated carbocycles. The van der Waals surface area contributed by atoms with Gasteiger partial charge in [-0.2, -0.15) is 4.31 Å². The Hall–Kier alpha value is -1.44. The van der Waals surface area contributed by atoms with Gasteiger partial charge in [-0.15, -0.1) is 0 Å². The van der Waals surface area contributed by atoms with E-state index in [9.17, 15) is 8.42 Å². The maximum Gasteiger partial charge on any atom is 0.239 e. The number of rotatable bonds is 3. The fourth-order valence-corrected chi connectivity index (χ4v) is 4.76. The van der Waals surface area contributed by atoms with Crippen molar-refractivity contribution in [1.82, 2.24) is 9.21 Å². The summed E-state index contributed by atoms with van der Waals surface area (Å²) in [5.41, 5.74) is 8.49. The monoisotopic (exact) mass is 322 g/mol. The van der Waals surface area contributed by atoms with Crippen molar-refractivity contribution < 1.29 is 8.42 Å². The Labute approximate surface area is 131 Å². The molecule has 2 N–H and O–H groups in total. The Morgan fingerprint density at radius 1 is 1.18 bits per heavy atom. The number of likely N-dealkylation sites (N-methyl/N-ethyl adjacent to an activating group) is 1. The average Bonchev–Trinajstić information content (AvgIpc) is 3.07. The van der Waals surface area contributed by atoms with Crippen LogP contribution in [-0.4, -0.2) is 62.1 Å². The van der Waals surface area contributed by atoms with Crippen molar-refractivity contribution in [2.24, 2.45) is 10.7 Å². The number of aliphatic imine (C=N–C) groups is 1. The molecule has 0 radical (unpaired) electrons. The van der Waals surface area contributed by atoms with E-state index in [1.807, 2.05) is 38.2 Å². The van der Waals surface area contributed by atoms with Crippen LogP contribution in [0.5, 0.6) is 0 Å². The topological polar surface area (TPSA) is 79.0 Å². The van der Waals surface area contributed by atoms with Crippen LogP contribution in [0.15, 0.2) is 29.3 Å². The highest BCUT2D eigenvalue weighted by molar-refractivity contribution is 7.89. The summed E-state index contributed by atoms with van der Waals surface area (Å²) in [4.78, 5) is 5.89. The Balaban J connectivity index is 1.78. The first-order chi connectivity index (χ1) is 10.4. The maximum atomic E-state index is 12.7. The maximum absolute atomic E-state index is 12.7. The second-order valence-electron chi connectivity index (χ2n) is 6.20. The van der Waals surface area contributed by atoms with Crippen LogP contribution in [0.3, 0.4) is 0 Å². The summed E-state index contributed by atoms with van der Waals surface area (Å²) in [6.45, 7) is 3.23.